The molecular weight excluding hydrogens is 190 g/mol. The van der Waals surface area contributed by atoms with Crippen LogP contribution in [0.1, 0.15) is 40.0 Å². The molecule has 0 radical (unpaired) electrons. The van der Waals surface area contributed by atoms with E-state index in [4.69, 9.17) is 4.74 Å². The average molecular weight is 215 g/mol. The van der Waals surface area contributed by atoms with Crippen molar-refractivity contribution in [3.05, 3.63) is 0 Å². The quantitative estimate of drug-likeness (QED) is 0.757. The van der Waals surface area contributed by atoms with Gasteiger partial charge in [-0.25, -0.2) is 0 Å². The molecule has 1 heterocycles. The molecule has 3 heteroatoms. The van der Waals surface area contributed by atoms with Crippen molar-refractivity contribution in [2.75, 3.05) is 19.7 Å². The van der Waals surface area contributed by atoms with Gasteiger partial charge in [0.05, 0.1) is 18.8 Å². The van der Waals surface area contributed by atoms with Crippen LogP contribution in [0.3, 0.4) is 0 Å². The molecule has 3 nitrogen and oxygen atoms in total. The van der Waals surface area contributed by atoms with Gasteiger partial charge in [0.1, 0.15) is 0 Å². The molecule has 0 aliphatic carbocycles. The van der Waals surface area contributed by atoms with E-state index < -0.39 is 0 Å². The molecule has 90 valence electrons. The van der Waals surface area contributed by atoms with Gasteiger partial charge < -0.3 is 9.84 Å². The lowest BCUT2D eigenvalue weighted by atomic mass is 10.1. The highest BCUT2D eigenvalue weighted by atomic mass is 16.5. The summed E-state index contributed by atoms with van der Waals surface area (Å²) in [4.78, 5) is 2.47. The molecule has 1 fully saturated rings. The minimum atomic E-state index is -0.112. The van der Waals surface area contributed by atoms with Crippen LogP contribution >= 0.6 is 0 Å². The van der Waals surface area contributed by atoms with Crippen molar-refractivity contribution in [1.82, 2.24) is 4.90 Å². The summed E-state index contributed by atoms with van der Waals surface area (Å²) in [5.74, 6) is 0. The number of morpholine rings is 1. The van der Waals surface area contributed by atoms with Crippen molar-refractivity contribution >= 4 is 0 Å². The Morgan fingerprint density at radius 3 is 2.87 bits per heavy atom. The molecule has 1 saturated heterocycles. The molecule has 15 heavy (non-hydrogen) atoms. The van der Waals surface area contributed by atoms with Gasteiger partial charge >= 0.3 is 0 Å². The molecule has 3 unspecified atom stereocenters. The summed E-state index contributed by atoms with van der Waals surface area (Å²) in [5.41, 5.74) is 0. The minimum absolute atomic E-state index is 0.112. The second kappa shape index (κ2) is 6.46. The molecule has 0 aromatic rings. The first kappa shape index (κ1) is 12.9. The van der Waals surface area contributed by atoms with Crippen LogP contribution in [-0.2, 0) is 4.74 Å². The molecule has 0 aromatic heterocycles. The third-order valence-corrected chi connectivity index (χ3v) is 3.19. The fourth-order valence-corrected chi connectivity index (χ4v) is 2.02. The van der Waals surface area contributed by atoms with Crippen molar-refractivity contribution in [3.8, 4) is 0 Å². The summed E-state index contributed by atoms with van der Waals surface area (Å²) < 4.78 is 5.58. The van der Waals surface area contributed by atoms with Crippen molar-refractivity contribution in [2.24, 2.45) is 0 Å². The van der Waals surface area contributed by atoms with Gasteiger partial charge in [-0.05, 0) is 39.7 Å². The highest BCUT2D eigenvalue weighted by molar-refractivity contribution is 4.75. The van der Waals surface area contributed by atoms with Gasteiger partial charge in [-0.1, -0.05) is 6.92 Å². The maximum Gasteiger partial charge on any atom is 0.0674 e. The SMILES string of the molecule is CCC(O)CCCN1CC(C)OCC1C. The van der Waals surface area contributed by atoms with Crippen LogP contribution in [0.15, 0.2) is 0 Å². The maximum atomic E-state index is 9.46. The van der Waals surface area contributed by atoms with E-state index in [0.29, 0.717) is 12.1 Å². The fraction of sp³-hybridized carbons (Fsp3) is 1.00. The normalized spacial score (nSPS) is 30.4. The fourth-order valence-electron chi connectivity index (χ4n) is 2.02. The van der Waals surface area contributed by atoms with E-state index in [1.807, 2.05) is 6.92 Å². The van der Waals surface area contributed by atoms with Gasteiger partial charge in [0.15, 0.2) is 0 Å². The monoisotopic (exact) mass is 215 g/mol. The van der Waals surface area contributed by atoms with Crippen LogP contribution < -0.4 is 0 Å². The zero-order valence-electron chi connectivity index (χ0n) is 10.3. The predicted octanol–water partition coefficient (Wildman–Crippen LogP) is 1.65. The number of aliphatic hydroxyl groups excluding tert-OH is 1. The van der Waals surface area contributed by atoms with Crippen LogP contribution in [0.25, 0.3) is 0 Å². The summed E-state index contributed by atoms with van der Waals surface area (Å²) >= 11 is 0. The Labute approximate surface area is 93.4 Å². The molecule has 3 atom stereocenters. The van der Waals surface area contributed by atoms with Crippen molar-refractivity contribution < 1.29 is 9.84 Å². The summed E-state index contributed by atoms with van der Waals surface area (Å²) in [6, 6.07) is 0.528. The zero-order chi connectivity index (χ0) is 11.3. The Morgan fingerprint density at radius 1 is 1.47 bits per heavy atom. The van der Waals surface area contributed by atoms with Crippen LogP contribution in [0.2, 0.25) is 0 Å². The smallest absolute Gasteiger partial charge is 0.0674 e. The molecule has 1 aliphatic rings. The van der Waals surface area contributed by atoms with Gasteiger partial charge in [0, 0.05) is 12.6 Å². The van der Waals surface area contributed by atoms with Gasteiger partial charge in [-0.2, -0.15) is 0 Å². The summed E-state index contributed by atoms with van der Waals surface area (Å²) in [7, 11) is 0. The minimum Gasteiger partial charge on any atom is -0.393 e. The number of hydrogen-bond donors (Lipinski definition) is 1. The van der Waals surface area contributed by atoms with E-state index in [9.17, 15) is 5.11 Å². The van der Waals surface area contributed by atoms with Crippen molar-refractivity contribution in [2.45, 2.75) is 58.3 Å². The largest absolute Gasteiger partial charge is 0.393 e. The summed E-state index contributed by atoms with van der Waals surface area (Å²) in [6.07, 6.45) is 3.13. The number of hydrogen-bond acceptors (Lipinski definition) is 3. The van der Waals surface area contributed by atoms with Gasteiger partial charge in [-0.15, -0.1) is 0 Å². The van der Waals surface area contributed by atoms with Crippen LogP contribution in [0.4, 0.5) is 0 Å². The topological polar surface area (TPSA) is 32.7 Å². The molecule has 0 saturated carbocycles. The van der Waals surface area contributed by atoms with E-state index in [1.165, 1.54) is 0 Å². The van der Waals surface area contributed by atoms with Crippen molar-refractivity contribution in [3.63, 3.8) is 0 Å². The van der Waals surface area contributed by atoms with Gasteiger partial charge in [0.2, 0.25) is 0 Å². The first-order valence-corrected chi connectivity index (χ1v) is 6.17. The molecule has 0 aromatic carbocycles. The van der Waals surface area contributed by atoms with E-state index in [0.717, 1.165) is 39.0 Å². The van der Waals surface area contributed by atoms with Gasteiger partial charge in [-0.3, -0.25) is 4.90 Å². The van der Waals surface area contributed by atoms with E-state index >= 15 is 0 Å². The number of nitrogens with zero attached hydrogens (tertiary/aromatic N) is 1. The van der Waals surface area contributed by atoms with E-state index in [-0.39, 0.29) is 6.10 Å². The first-order valence-electron chi connectivity index (χ1n) is 6.17. The molecule has 1 aliphatic heterocycles. The second-order valence-electron chi connectivity index (χ2n) is 4.69. The third-order valence-electron chi connectivity index (χ3n) is 3.19. The standard InChI is InChI=1S/C12H25NO2/c1-4-12(14)6-5-7-13-8-11(3)15-9-10(13)2/h10-12,14H,4-9H2,1-3H3. The van der Waals surface area contributed by atoms with Crippen LogP contribution in [-0.4, -0.2) is 48.0 Å². The Bertz CT molecular complexity index is 175. The number of aliphatic hydroxyl groups is 1. The molecule has 0 amide bonds. The lowest BCUT2D eigenvalue weighted by Crippen LogP contribution is -2.47. The number of ether oxygens (including phenoxy) is 1. The van der Waals surface area contributed by atoms with Crippen LogP contribution in [0, 0.1) is 0 Å². The molecule has 1 rings (SSSR count). The Morgan fingerprint density at radius 2 is 2.20 bits per heavy atom. The second-order valence-corrected chi connectivity index (χ2v) is 4.69. The molecule has 0 bridgehead atoms. The third kappa shape index (κ3) is 4.49. The Kier molecular flexibility index (Phi) is 5.58. The van der Waals surface area contributed by atoms with Crippen molar-refractivity contribution in [1.29, 1.82) is 0 Å². The number of rotatable bonds is 5. The summed E-state index contributed by atoms with van der Waals surface area (Å²) in [6.45, 7) is 9.33. The average Bonchev–Trinajstić information content (AvgIpc) is 2.23. The lowest BCUT2D eigenvalue weighted by molar-refractivity contribution is -0.0503. The van der Waals surface area contributed by atoms with Crippen LogP contribution in [0.5, 0.6) is 0 Å². The van der Waals surface area contributed by atoms with E-state index in [2.05, 4.69) is 18.7 Å². The molecule has 1 N–H and O–H groups in total. The molecule has 0 spiro atoms. The predicted molar refractivity (Wildman–Crippen MR) is 62.0 cm³/mol. The lowest BCUT2D eigenvalue weighted by Gasteiger charge is -2.36. The zero-order valence-corrected chi connectivity index (χ0v) is 10.3. The Hall–Kier alpha value is -0.120. The Balaban J connectivity index is 2.18. The maximum absolute atomic E-state index is 9.46. The van der Waals surface area contributed by atoms with Gasteiger partial charge in [0.25, 0.3) is 0 Å². The van der Waals surface area contributed by atoms with E-state index in [1.54, 1.807) is 0 Å². The first-order chi connectivity index (χ1) is 7.13. The highest BCUT2D eigenvalue weighted by Crippen LogP contribution is 2.12. The highest BCUT2D eigenvalue weighted by Gasteiger charge is 2.22. The molecular formula is C12H25NO2. The summed E-state index contributed by atoms with van der Waals surface area (Å²) in [5, 5.41) is 9.46.